The van der Waals surface area contributed by atoms with E-state index >= 15 is 0 Å². The Kier molecular flexibility index (Phi) is 4.16. The minimum absolute atomic E-state index is 0.236. The van der Waals surface area contributed by atoms with Crippen LogP contribution in [0.4, 0.5) is 0 Å². The van der Waals surface area contributed by atoms with Gasteiger partial charge in [-0.05, 0) is 59.3 Å². The maximum absolute atomic E-state index is 12.6. The topological polar surface area (TPSA) is 30.0 Å². The molecule has 0 spiro atoms. The smallest absolute Gasteiger partial charge is 0.267 e. The number of benzene rings is 3. The van der Waals surface area contributed by atoms with Crippen LogP contribution in [0.15, 0.2) is 71.5 Å². The van der Waals surface area contributed by atoms with Crippen molar-refractivity contribution in [3.8, 4) is 0 Å². The van der Waals surface area contributed by atoms with Crippen LogP contribution < -0.4 is 5.56 Å². The van der Waals surface area contributed by atoms with Gasteiger partial charge in [-0.15, -0.1) is 0 Å². The lowest BCUT2D eigenvalue weighted by Crippen LogP contribution is -2.01. The van der Waals surface area contributed by atoms with Crippen molar-refractivity contribution in [2.75, 3.05) is 0 Å². The molecular weight excluding hydrogens is 353 g/mol. The Bertz CT molecular complexity index is 1170. The molecule has 1 heterocycles. The molecule has 4 rings (SSSR count). The van der Waals surface area contributed by atoms with E-state index in [4.69, 9.17) is 23.2 Å². The highest BCUT2D eigenvalue weighted by atomic mass is 35.5. The molecule has 4 aromatic rings. The number of rotatable bonds is 2. The number of nitrogens with zero attached hydrogens (tertiary/aromatic N) is 1. The number of hydrogen-bond donors (Lipinski definition) is 0. The fourth-order valence-electron chi connectivity index (χ4n) is 3.14. The average Bonchev–Trinajstić information content (AvgIpc) is 2.71. The fraction of sp³-hybridized carbons (Fsp3) is 0.0476. The summed E-state index contributed by atoms with van der Waals surface area (Å²) in [7, 11) is 0. The summed E-state index contributed by atoms with van der Waals surface area (Å²) >= 11 is 12.4. The number of aromatic nitrogens is 1. The predicted octanol–water partition coefficient (Wildman–Crippen LogP) is 5.65. The number of fused-ring (bicyclic) bond motifs is 2. The molecule has 2 nitrogen and oxygen atoms in total. The van der Waals surface area contributed by atoms with Crippen LogP contribution in [0, 0.1) is 0 Å². The van der Waals surface area contributed by atoms with Gasteiger partial charge in [-0.1, -0.05) is 53.5 Å². The van der Waals surface area contributed by atoms with Gasteiger partial charge in [-0.2, -0.15) is 0 Å². The van der Waals surface area contributed by atoms with Gasteiger partial charge >= 0.3 is 0 Å². The zero-order valence-corrected chi connectivity index (χ0v) is 14.7. The largest absolute Gasteiger partial charge is 0.278 e. The first-order valence-electron chi connectivity index (χ1n) is 7.87. The molecule has 0 atom stereocenters. The molecular formula is C21H13Cl2NO. The van der Waals surface area contributed by atoms with Crippen LogP contribution >= 0.6 is 23.2 Å². The van der Waals surface area contributed by atoms with Gasteiger partial charge in [0.15, 0.2) is 0 Å². The van der Waals surface area contributed by atoms with Crippen molar-refractivity contribution in [1.82, 2.24) is 4.98 Å². The predicted molar refractivity (Wildman–Crippen MR) is 105 cm³/mol. The molecule has 0 saturated heterocycles. The zero-order valence-electron chi connectivity index (χ0n) is 13.2. The van der Waals surface area contributed by atoms with Gasteiger partial charge in [-0.3, -0.25) is 4.79 Å². The highest BCUT2D eigenvalue weighted by Crippen LogP contribution is 2.28. The van der Waals surface area contributed by atoms with Crippen molar-refractivity contribution in [1.29, 1.82) is 0 Å². The first-order chi connectivity index (χ1) is 12.1. The van der Waals surface area contributed by atoms with Gasteiger partial charge in [0.25, 0.3) is 5.56 Å². The summed E-state index contributed by atoms with van der Waals surface area (Å²) in [5.74, 6) is 0. The van der Waals surface area contributed by atoms with Crippen molar-refractivity contribution < 1.29 is 0 Å². The lowest BCUT2D eigenvalue weighted by molar-refractivity contribution is 1.23. The minimum Gasteiger partial charge on any atom is -0.267 e. The Morgan fingerprint density at radius 2 is 1.52 bits per heavy atom. The van der Waals surface area contributed by atoms with Crippen LogP contribution in [0.5, 0.6) is 0 Å². The van der Waals surface area contributed by atoms with E-state index in [1.54, 1.807) is 12.1 Å². The van der Waals surface area contributed by atoms with Gasteiger partial charge in [-0.25, -0.2) is 4.98 Å². The van der Waals surface area contributed by atoms with Gasteiger partial charge in [0.05, 0.1) is 5.52 Å². The summed E-state index contributed by atoms with van der Waals surface area (Å²) < 4.78 is 0. The molecule has 25 heavy (non-hydrogen) atoms. The van der Waals surface area contributed by atoms with E-state index in [-0.39, 0.29) is 5.56 Å². The van der Waals surface area contributed by atoms with Crippen molar-refractivity contribution >= 4 is 44.9 Å². The van der Waals surface area contributed by atoms with Gasteiger partial charge in [0.1, 0.15) is 0 Å². The molecule has 3 aromatic carbocycles. The summed E-state index contributed by atoms with van der Waals surface area (Å²) in [5, 5.41) is 3.67. The van der Waals surface area contributed by atoms with E-state index in [2.05, 4.69) is 4.98 Å². The van der Waals surface area contributed by atoms with E-state index in [1.165, 1.54) is 0 Å². The average molecular weight is 366 g/mol. The molecule has 122 valence electrons. The molecule has 0 bridgehead atoms. The summed E-state index contributed by atoms with van der Waals surface area (Å²) in [6.45, 7) is 0. The third-order valence-electron chi connectivity index (χ3n) is 4.26. The normalized spacial score (nSPS) is 11.1. The first-order valence-corrected chi connectivity index (χ1v) is 8.63. The quantitative estimate of drug-likeness (QED) is 0.459. The molecule has 0 N–H and O–H groups in total. The van der Waals surface area contributed by atoms with Crippen LogP contribution in [-0.2, 0) is 6.42 Å². The van der Waals surface area contributed by atoms with Crippen molar-refractivity contribution in [3.63, 3.8) is 0 Å². The zero-order chi connectivity index (χ0) is 17.4. The second kappa shape index (κ2) is 6.47. The molecule has 1 aromatic heterocycles. The van der Waals surface area contributed by atoms with Crippen LogP contribution in [0.3, 0.4) is 0 Å². The first kappa shape index (κ1) is 16.1. The Morgan fingerprint density at radius 3 is 2.32 bits per heavy atom. The van der Waals surface area contributed by atoms with Crippen LogP contribution in [-0.4, -0.2) is 4.98 Å². The van der Waals surface area contributed by atoms with Gasteiger partial charge in [0.2, 0.25) is 0 Å². The second-order valence-electron chi connectivity index (χ2n) is 5.91. The molecule has 0 aliphatic carbocycles. The SMILES string of the molecule is O=c1nc2ccc(Cl)cc2c(Cc2cccc(Cl)c2)c2ccccc12. The molecule has 0 saturated carbocycles. The van der Waals surface area contributed by atoms with E-state index in [0.29, 0.717) is 27.4 Å². The summed E-state index contributed by atoms with van der Waals surface area (Å²) in [5.41, 5.74) is 2.49. The van der Waals surface area contributed by atoms with Crippen LogP contribution in [0.2, 0.25) is 10.0 Å². The number of halogens is 2. The Balaban J connectivity index is 2.13. The number of hydrogen-bond acceptors (Lipinski definition) is 2. The van der Waals surface area contributed by atoms with E-state index in [9.17, 15) is 4.79 Å². The Hall–Kier alpha value is -2.42. The summed E-state index contributed by atoms with van der Waals surface area (Å²) in [6, 6.07) is 20.7. The van der Waals surface area contributed by atoms with E-state index < -0.39 is 0 Å². The highest BCUT2D eigenvalue weighted by molar-refractivity contribution is 6.31. The monoisotopic (exact) mass is 365 g/mol. The van der Waals surface area contributed by atoms with Gasteiger partial charge < -0.3 is 0 Å². The highest BCUT2D eigenvalue weighted by Gasteiger charge is 2.11. The molecule has 0 unspecified atom stereocenters. The fourth-order valence-corrected chi connectivity index (χ4v) is 3.52. The molecule has 0 radical (unpaired) electrons. The van der Waals surface area contributed by atoms with Crippen LogP contribution in [0.1, 0.15) is 11.1 Å². The molecule has 0 fully saturated rings. The summed E-state index contributed by atoms with van der Waals surface area (Å²) in [4.78, 5) is 16.9. The van der Waals surface area contributed by atoms with Crippen molar-refractivity contribution in [2.24, 2.45) is 0 Å². The Morgan fingerprint density at radius 1 is 0.760 bits per heavy atom. The standard InChI is InChI=1S/C21H13Cl2NO/c22-14-5-3-4-13(10-14)11-18-16-6-1-2-7-17(16)21(25)24-20-9-8-15(23)12-19(18)20/h1-10,12H,11H2. The third-order valence-corrected chi connectivity index (χ3v) is 4.73. The molecule has 0 aliphatic heterocycles. The van der Waals surface area contributed by atoms with Crippen molar-refractivity contribution in [3.05, 3.63) is 98.3 Å². The van der Waals surface area contributed by atoms with Crippen molar-refractivity contribution in [2.45, 2.75) is 6.42 Å². The Labute approximate surface area is 154 Å². The van der Waals surface area contributed by atoms with Gasteiger partial charge in [0, 0.05) is 20.8 Å². The molecule has 0 aliphatic rings. The van der Waals surface area contributed by atoms with E-state index in [0.717, 1.165) is 21.9 Å². The minimum atomic E-state index is -0.236. The van der Waals surface area contributed by atoms with Crippen LogP contribution in [0.25, 0.3) is 21.7 Å². The molecule has 0 amide bonds. The maximum Gasteiger partial charge on any atom is 0.278 e. The van der Waals surface area contributed by atoms with E-state index in [1.807, 2.05) is 54.6 Å². The lowest BCUT2D eigenvalue weighted by atomic mass is 9.97. The second-order valence-corrected chi connectivity index (χ2v) is 6.78. The lowest BCUT2D eigenvalue weighted by Gasteiger charge is -2.07. The molecule has 4 heteroatoms. The maximum atomic E-state index is 12.6. The summed E-state index contributed by atoms with van der Waals surface area (Å²) in [6.07, 6.45) is 0.633. The third kappa shape index (κ3) is 3.11.